The third kappa shape index (κ3) is 7.10. The van der Waals surface area contributed by atoms with E-state index in [4.69, 9.17) is 48.4 Å². The van der Waals surface area contributed by atoms with Crippen molar-refractivity contribution in [2.45, 2.75) is 44.2 Å². The molecule has 13 nitrogen and oxygen atoms in total. The molecule has 7 rings (SSSR count). The van der Waals surface area contributed by atoms with E-state index in [9.17, 15) is 9.90 Å². The summed E-state index contributed by atoms with van der Waals surface area (Å²) in [4.78, 5) is 21.7. The van der Waals surface area contributed by atoms with Crippen LogP contribution in [-0.4, -0.2) is 85.8 Å². The van der Waals surface area contributed by atoms with Crippen molar-refractivity contribution in [3.8, 4) is 11.4 Å². The Kier molecular flexibility index (Phi) is 7.38. The molecule has 5 aromatic rings. The largest absolute Gasteiger partial charge is 0.491 e. The van der Waals surface area contributed by atoms with Crippen molar-refractivity contribution >= 4 is 34.6 Å². The van der Waals surface area contributed by atoms with Crippen molar-refractivity contribution in [1.82, 2.24) is 29.1 Å². The highest BCUT2D eigenvalue weighted by Gasteiger charge is 2.45. The lowest BCUT2D eigenvalue weighted by atomic mass is 10.1. The van der Waals surface area contributed by atoms with Crippen LogP contribution in [0, 0.1) is 0 Å². The Bertz CT molecular complexity index is 2270. The maximum atomic E-state index is 13.3. The first-order valence-corrected chi connectivity index (χ1v) is 16.4. The number of rotatable bonds is 11. The molecule has 50 heavy (non-hydrogen) atoms. The minimum absolute atomic E-state index is 0.0247. The molecule has 2 aliphatic heterocycles. The average Bonchev–Trinajstić information content (AvgIpc) is 3.94. The van der Waals surface area contributed by atoms with Crippen LogP contribution in [0.15, 0.2) is 90.5 Å². The highest BCUT2D eigenvalue weighted by atomic mass is 35.5. The molecule has 1 N–H and O–H groups in total. The minimum atomic E-state index is -3.90. The molecule has 2 aliphatic rings. The molecule has 0 radical (unpaired) electrons. The van der Waals surface area contributed by atoms with Crippen molar-refractivity contribution in [2.75, 3.05) is 49.2 Å². The first-order chi connectivity index (χ1) is 27.3. The molecule has 3 aromatic carbocycles. The Hall–Kier alpha value is -4.40. The molecule has 0 bridgehead atoms. The van der Waals surface area contributed by atoms with Gasteiger partial charge in [0.1, 0.15) is 44.0 Å². The van der Waals surface area contributed by atoms with Gasteiger partial charge in [-0.2, -0.15) is 10.2 Å². The van der Waals surface area contributed by atoms with E-state index in [2.05, 4.69) is 25.0 Å². The van der Waals surface area contributed by atoms with Crippen molar-refractivity contribution < 1.29 is 30.3 Å². The number of benzene rings is 3. The number of hydrogen-bond acceptors (Lipinski definition) is 10. The normalized spacial score (nSPS) is 24.7. The first-order valence-electron chi connectivity index (χ1n) is 19.7. The van der Waals surface area contributed by atoms with E-state index in [1.165, 1.54) is 6.33 Å². The third-order valence-corrected chi connectivity index (χ3v) is 9.10. The molecule has 4 heterocycles. The highest BCUT2D eigenvalue weighted by Crippen LogP contribution is 2.40. The van der Waals surface area contributed by atoms with Crippen LogP contribution in [0.4, 0.5) is 11.4 Å². The average molecular weight is 730 g/mol. The van der Waals surface area contributed by atoms with Gasteiger partial charge in [0.25, 0.3) is 0 Å². The summed E-state index contributed by atoms with van der Waals surface area (Å²) in [6, 6.07) is 16.0. The lowest BCUT2D eigenvalue weighted by molar-refractivity contribution is -0.190. The van der Waals surface area contributed by atoms with E-state index in [0.29, 0.717) is 47.5 Å². The SMILES string of the molecule is [2H]C([2H])([2H])C([2H])(O)C([2H])(n1ncn(-c2ccc(N3CCN(c4ccc(OC[C@@H]5CO[C@@](Cn6cncn6)(c6ccc(Cl)cc6Cl)O5)cc4)CC3)cc2)c1=O)C([2H])([2H])[2H]. The summed E-state index contributed by atoms with van der Waals surface area (Å²) in [6.45, 7) is -3.78. The van der Waals surface area contributed by atoms with Gasteiger partial charge in [0.15, 0.2) is 0 Å². The number of nitrogens with zero attached hydrogens (tertiary/aromatic N) is 8. The number of anilines is 2. The van der Waals surface area contributed by atoms with Crippen molar-refractivity contribution in [3.05, 3.63) is 112 Å². The van der Waals surface area contributed by atoms with Crippen LogP contribution in [-0.2, 0) is 21.8 Å². The fraction of sp³-hybridized carbons (Fsp3) is 0.371. The Balaban J connectivity index is 0.948. The van der Waals surface area contributed by atoms with Gasteiger partial charge in [-0.25, -0.2) is 23.7 Å². The summed E-state index contributed by atoms with van der Waals surface area (Å²) < 4.78 is 83.6. The van der Waals surface area contributed by atoms with E-state index >= 15 is 0 Å². The minimum Gasteiger partial charge on any atom is -0.491 e. The van der Waals surface area contributed by atoms with Crippen LogP contribution in [0.25, 0.3) is 5.69 Å². The molecule has 15 heteroatoms. The predicted octanol–water partition coefficient (Wildman–Crippen LogP) is 4.55. The van der Waals surface area contributed by atoms with E-state index in [-0.39, 0.29) is 30.1 Å². The van der Waals surface area contributed by atoms with Gasteiger partial charge in [-0.1, -0.05) is 29.3 Å². The van der Waals surface area contributed by atoms with Crippen LogP contribution in [0.1, 0.15) is 36.3 Å². The Morgan fingerprint density at radius 2 is 1.68 bits per heavy atom. The second kappa shape index (κ2) is 14.4. The van der Waals surface area contributed by atoms with Crippen LogP contribution >= 0.6 is 23.2 Å². The lowest BCUT2D eigenvalue weighted by Crippen LogP contribution is -2.46. The molecule has 0 aliphatic carbocycles. The number of hydrogen-bond donors (Lipinski definition) is 1. The van der Waals surface area contributed by atoms with Crippen molar-refractivity contribution in [3.63, 3.8) is 0 Å². The third-order valence-electron chi connectivity index (χ3n) is 8.55. The van der Waals surface area contributed by atoms with Gasteiger partial charge in [0, 0.05) is 56.4 Å². The standard InChI is InChI=1S/C35H38Cl2N8O5/c1-24(25(2)46)45-34(47)44(23-40-45)29-6-4-27(5-7-29)41-13-15-42(16-14-41)28-8-10-30(11-9-28)48-18-31-19-49-35(50-31,20-43-22-38-21-39-43)32-12-3-26(36)17-33(32)37/h3-12,17,21-25,31,46H,13-16,18-20H2,1-2H3/t24?,25?,31-,35-/m1/s1/i1D3,2D3,24D,25D. The number of halogens is 2. The zero-order chi connectivity index (χ0) is 41.7. The highest BCUT2D eigenvalue weighted by molar-refractivity contribution is 6.35. The molecule has 4 atom stereocenters. The van der Waals surface area contributed by atoms with E-state index in [0.717, 1.165) is 22.3 Å². The molecule has 0 spiro atoms. The van der Waals surface area contributed by atoms with Crippen LogP contribution < -0.4 is 20.2 Å². The summed E-state index contributed by atoms with van der Waals surface area (Å²) in [5, 5.41) is 19.3. The van der Waals surface area contributed by atoms with E-state index in [1.54, 1.807) is 53.5 Å². The maximum Gasteiger partial charge on any atom is 0.350 e. The number of ether oxygens (including phenoxy) is 3. The van der Waals surface area contributed by atoms with Crippen molar-refractivity contribution in [1.29, 1.82) is 0 Å². The molecular weight excluding hydrogens is 683 g/mol. The quantitative estimate of drug-likeness (QED) is 0.207. The molecular formula is C35H38Cl2N8O5. The predicted molar refractivity (Wildman–Crippen MR) is 190 cm³/mol. The van der Waals surface area contributed by atoms with Gasteiger partial charge in [0.05, 0.1) is 32.2 Å². The summed E-state index contributed by atoms with van der Waals surface area (Å²) in [5.41, 5.74) is 1.53. The number of aliphatic hydroxyl groups is 1. The van der Waals surface area contributed by atoms with Crippen LogP contribution in [0.3, 0.4) is 0 Å². The fourth-order valence-electron chi connectivity index (χ4n) is 6.01. The second-order valence-electron chi connectivity index (χ2n) is 11.7. The summed E-state index contributed by atoms with van der Waals surface area (Å²) in [6.07, 6.45) is -0.390. The molecule has 262 valence electrons. The number of piperazine rings is 1. The van der Waals surface area contributed by atoms with Crippen molar-refractivity contribution in [2.24, 2.45) is 0 Å². The number of aromatic nitrogens is 6. The Morgan fingerprint density at radius 3 is 2.32 bits per heavy atom. The summed E-state index contributed by atoms with van der Waals surface area (Å²) >= 11 is 12.7. The van der Waals surface area contributed by atoms with Gasteiger partial charge in [-0.05, 0) is 74.4 Å². The van der Waals surface area contributed by atoms with Gasteiger partial charge < -0.3 is 29.1 Å². The van der Waals surface area contributed by atoms with E-state index in [1.807, 2.05) is 24.3 Å². The van der Waals surface area contributed by atoms with Gasteiger partial charge in [0.2, 0.25) is 5.79 Å². The Morgan fingerprint density at radius 1 is 0.980 bits per heavy atom. The van der Waals surface area contributed by atoms with E-state index < -0.39 is 43.4 Å². The molecule has 0 amide bonds. The van der Waals surface area contributed by atoms with Crippen LogP contribution in [0.2, 0.25) is 10.0 Å². The molecule has 2 aromatic heterocycles. The second-order valence-corrected chi connectivity index (χ2v) is 12.6. The smallest absolute Gasteiger partial charge is 0.350 e. The van der Waals surface area contributed by atoms with Gasteiger partial charge >= 0.3 is 5.69 Å². The molecule has 2 fully saturated rings. The first kappa shape index (κ1) is 25.5. The molecule has 2 saturated heterocycles. The maximum absolute atomic E-state index is 13.3. The zero-order valence-electron chi connectivity index (χ0n) is 34.5. The Labute approximate surface area is 310 Å². The fourth-order valence-corrected chi connectivity index (χ4v) is 6.56. The molecule has 0 saturated carbocycles. The summed E-state index contributed by atoms with van der Waals surface area (Å²) in [7, 11) is 0. The van der Waals surface area contributed by atoms with Gasteiger partial charge in [-0.3, -0.25) is 0 Å². The topological polar surface area (TPSA) is 125 Å². The lowest BCUT2D eigenvalue weighted by Gasteiger charge is -2.37. The zero-order valence-corrected chi connectivity index (χ0v) is 28.0. The molecule has 2 unspecified atom stereocenters. The van der Waals surface area contributed by atoms with Crippen LogP contribution in [0.5, 0.6) is 5.75 Å². The summed E-state index contributed by atoms with van der Waals surface area (Å²) in [5.74, 6) is -0.559. The monoisotopic (exact) mass is 728 g/mol. The van der Waals surface area contributed by atoms with Gasteiger partial charge in [-0.15, -0.1) is 0 Å².